The Morgan fingerprint density at radius 3 is 2.31 bits per heavy atom. The van der Waals surface area contributed by atoms with Crippen molar-refractivity contribution in [2.24, 2.45) is 0 Å². The first-order valence-corrected chi connectivity index (χ1v) is 16.4. The van der Waals surface area contributed by atoms with Gasteiger partial charge in [0, 0.05) is 33.8 Å². The van der Waals surface area contributed by atoms with Crippen LogP contribution in [0.3, 0.4) is 0 Å². The zero-order chi connectivity index (χ0) is 31.6. The smallest absolute Gasteiger partial charge is 0.180 e. The molecule has 0 fully saturated rings. The lowest BCUT2D eigenvalue weighted by molar-refractivity contribution is 0.667. The third kappa shape index (κ3) is 4.16. The quantitative estimate of drug-likeness (QED) is 0.198. The summed E-state index contributed by atoms with van der Waals surface area (Å²) < 4.78 is 6.62. The fraction of sp³-hybridized carbons (Fsp3) is 0.0455. The number of fused-ring (bicyclic) bond motifs is 7. The minimum Gasteiger partial charge on any atom is -0.452 e. The second kappa shape index (κ2) is 10.6. The van der Waals surface area contributed by atoms with Crippen molar-refractivity contribution in [1.82, 2.24) is 9.97 Å². The molecular weight excluding hydrogens is 587 g/mol. The highest BCUT2D eigenvalue weighted by atomic mass is 16.3. The molecule has 0 saturated carbocycles. The lowest BCUT2D eigenvalue weighted by Gasteiger charge is -2.29. The van der Waals surface area contributed by atoms with Crippen molar-refractivity contribution in [3.63, 3.8) is 0 Å². The normalized spacial score (nSPS) is 16.5. The maximum Gasteiger partial charge on any atom is 0.180 e. The maximum absolute atomic E-state index is 6.62. The van der Waals surface area contributed by atoms with Gasteiger partial charge in [-0.3, -0.25) is 0 Å². The lowest BCUT2D eigenvalue weighted by atomic mass is 9.91. The molecule has 226 valence electrons. The molecule has 3 heterocycles. The van der Waals surface area contributed by atoms with Gasteiger partial charge >= 0.3 is 0 Å². The number of allylic oxidation sites excluding steroid dienone is 2. The Bertz CT molecular complexity index is 2590. The molecule has 0 saturated heterocycles. The molecule has 6 aromatic carbocycles. The Morgan fingerprint density at radius 2 is 1.35 bits per heavy atom. The van der Waals surface area contributed by atoms with Crippen LogP contribution in [0, 0.1) is 0 Å². The monoisotopic (exact) mass is 615 g/mol. The van der Waals surface area contributed by atoms with E-state index in [0.717, 1.165) is 55.2 Å². The summed E-state index contributed by atoms with van der Waals surface area (Å²) in [4.78, 5) is 12.8. The number of hydrogen-bond acceptors (Lipinski definition) is 4. The molecule has 0 bridgehead atoms. The highest BCUT2D eigenvalue weighted by Crippen LogP contribution is 2.48. The highest BCUT2D eigenvalue weighted by Gasteiger charge is 2.37. The molecule has 2 aromatic heterocycles. The van der Waals surface area contributed by atoms with Gasteiger partial charge in [0.05, 0.1) is 6.04 Å². The molecule has 2 atom stereocenters. The number of aromatic nitrogens is 2. The standard InChI is InChI=1S/C44H29N3O/c1-2-13-29(14-3-1)44-45-41(36-21-11-15-28-12-4-5-18-33(28)36)43-42(46-44)37-27-31(24-25-40(37)48-43)30-16-10-17-32(26-30)47-38-22-8-6-19-34(38)35-20-7-9-23-39(35)47/h1-27,34,38H. The van der Waals surface area contributed by atoms with E-state index in [1.807, 2.05) is 18.2 Å². The van der Waals surface area contributed by atoms with Gasteiger partial charge < -0.3 is 9.32 Å². The van der Waals surface area contributed by atoms with Gasteiger partial charge in [-0.2, -0.15) is 0 Å². The molecule has 2 unspecified atom stereocenters. The van der Waals surface area contributed by atoms with Gasteiger partial charge in [0.1, 0.15) is 16.8 Å². The summed E-state index contributed by atoms with van der Waals surface area (Å²) in [5.41, 5.74) is 11.2. The number of furan rings is 1. The van der Waals surface area contributed by atoms with Gasteiger partial charge in [-0.05, 0) is 57.8 Å². The number of nitrogens with zero attached hydrogens (tertiary/aromatic N) is 3. The van der Waals surface area contributed by atoms with Crippen molar-refractivity contribution in [3.05, 3.63) is 169 Å². The van der Waals surface area contributed by atoms with Crippen LogP contribution in [0.4, 0.5) is 11.4 Å². The highest BCUT2D eigenvalue weighted by molar-refractivity contribution is 6.10. The van der Waals surface area contributed by atoms with Crippen molar-refractivity contribution >= 4 is 44.2 Å². The Hall–Kier alpha value is -6.26. The second-order valence-corrected chi connectivity index (χ2v) is 12.5. The average Bonchev–Trinajstić information content (AvgIpc) is 3.70. The molecule has 4 nitrogen and oxygen atoms in total. The van der Waals surface area contributed by atoms with Gasteiger partial charge in [-0.15, -0.1) is 0 Å². The van der Waals surface area contributed by atoms with E-state index in [1.54, 1.807) is 0 Å². The summed E-state index contributed by atoms with van der Waals surface area (Å²) in [5, 5.41) is 3.26. The molecule has 0 radical (unpaired) electrons. The van der Waals surface area contributed by atoms with E-state index >= 15 is 0 Å². The van der Waals surface area contributed by atoms with Crippen LogP contribution in [0.1, 0.15) is 11.5 Å². The van der Waals surface area contributed by atoms with E-state index in [9.17, 15) is 0 Å². The molecule has 0 N–H and O–H groups in total. The summed E-state index contributed by atoms with van der Waals surface area (Å²) >= 11 is 0. The Morgan fingerprint density at radius 1 is 0.583 bits per heavy atom. The fourth-order valence-corrected chi connectivity index (χ4v) is 7.58. The first kappa shape index (κ1) is 26.9. The molecule has 0 spiro atoms. The topological polar surface area (TPSA) is 42.2 Å². The predicted molar refractivity (Wildman–Crippen MR) is 197 cm³/mol. The molecule has 10 rings (SSSR count). The second-order valence-electron chi connectivity index (χ2n) is 12.5. The van der Waals surface area contributed by atoms with Crippen LogP contribution in [0.2, 0.25) is 0 Å². The van der Waals surface area contributed by atoms with Crippen molar-refractivity contribution in [2.45, 2.75) is 12.0 Å². The molecule has 4 heteroatoms. The third-order valence-electron chi connectivity index (χ3n) is 9.81. The van der Waals surface area contributed by atoms with E-state index in [1.165, 1.54) is 16.9 Å². The number of benzene rings is 6. The fourth-order valence-electron chi connectivity index (χ4n) is 7.58. The summed E-state index contributed by atoms with van der Waals surface area (Å²) in [5.74, 6) is 1.02. The van der Waals surface area contributed by atoms with Crippen molar-refractivity contribution in [1.29, 1.82) is 0 Å². The van der Waals surface area contributed by atoms with E-state index < -0.39 is 0 Å². The van der Waals surface area contributed by atoms with Crippen molar-refractivity contribution < 1.29 is 4.42 Å². The summed E-state index contributed by atoms with van der Waals surface area (Å²) in [7, 11) is 0. The minimum absolute atomic E-state index is 0.253. The van der Waals surface area contributed by atoms with Crippen LogP contribution in [0.25, 0.3) is 66.6 Å². The number of anilines is 2. The van der Waals surface area contributed by atoms with Crippen LogP contribution < -0.4 is 4.90 Å². The molecule has 0 amide bonds. The van der Waals surface area contributed by atoms with Gasteiger partial charge in [0.2, 0.25) is 0 Å². The zero-order valence-corrected chi connectivity index (χ0v) is 26.0. The van der Waals surface area contributed by atoms with E-state index in [0.29, 0.717) is 17.3 Å². The van der Waals surface area contributed by atoms with Gasteiger partial charge in [0.25, 0.3) is 0 Å². The predicted octanol–water partition coefficient (Wildman–Crippen LogP) is 11.3. The minimum atomic E-state index is 0.253. The van der Waals surface area contributed by atoms with Gasteiger partial charge in [-0.1, -0.05) is 133 Å². The Balaban J connectivity index is 1.15. The molecule has 8 aromatic rings. The van der Waals surface area contributed by atoms with Gasteiger partial charge in [0.15, 0.2) is 11.4 Å². The Kier molecular flexibility index (Phi) is 5.97. The largest absolute Gasteiger partial charge is 0.452 e. The molecule has 1 aliphatic carbocycles. The summed E-state index contributed by atoms with van der Waals surface area (Å²) in [6.07, 6.45) is 8.97. The molecule has 1 aliphatic heterocycles. The van der Waals surface area contributed by atoms with Crippen LogP contribution in [-0.4, -0.2) is 16.0 Å². The van der Waals surface area contributed by atoms with E-state index in [4.69, 9.17) is 14.4 Å². The number of para-hydroxylation sites is 1. The summed E-state index contributed by atoms with van der Waals surface area (Å²) in [6.45, 7) is 0. The average molecular weight is 616 g/mol. The number of rotatable bonds is 4. The van der Waals surface area contributed by atoms with E-state index in [2.05, 4.69) is 151 Å². The molecule has 48 heavy (non-hydrogen) atoms. The van der Waals surface area contributed by atoms with Crippen molar-refractivity contribution in [2.75, 3.05) is 4.90 Å². The maximum atomic E-state index is 6.62. The SMILES string of the molecule is C1=CC2c3ccccc3N(c3cccc(-c4ccc5oc6c(-c7cccc8ccccc78)nc(-c7ccccc7)nc6c5c4)c3)C2C=C1. The molecule has 2 aliphatic rings. The zero-order valence-electron chi connectivity index (χ0n) is 26.0. The Labute approximate surface area is 277 Å². The van der Waals surface area contributed by atoms with Crippen LogP contribution in [-0.2, 0) is 0 Å². The van der Waals surface area contributed by atoms with Crippen molar-refractivity contribution in [3.8, 4) is 33.8 Å². The van der Waals surface area contributed by atoms with Crippen LogP contribution in [0.15, 0.2) is 168 Å². The lowest BCUT2D eigenvalue weighted by Crippen LogP contribution is -2.28. The van der Waals surface area contributed by atoms with Gasteiger partial charge in [-0.25, -0.2) is 9.97 Å². The first-order valence-electron chi connectivity index (χ1n) is 16.4. The van der Waals surface area contributed by atoms with Crippen LogP contribution in [0.5, 0.6) is 0 Å². The molecular formula is C44H29N3O. The third-order valence-corrected chi connectivity index (χ3v) is 9.81. The first-order chi connectivity index (χ1) is 23.8. The summed E-state index contributed by atoms with van der Waals surface area (Å²) in [6, 6.07) is 49.3. The van der Waals surface area contributed by atoms with Crippen LogP contribution >= 0.6 is 0 Å². The number of hydrogen-bond donors (Lipinski definition) is 0. The van der Waals surface area contributed by atoms with E-state index in [-0.39, 0.29) is 6.04 Å².